The lowest BCUT2D eigenvalue weighted by atomic mass is 9.88. The molecule has 2 aliphatic rings. The number of phosphoric ester groups is 1. The maximum atomic E-state index is 15.5. The molecule has 4 aromatic carbocycles. The lowest BCUT2D eigenvalue weighted by Crippen LogP contribution is -2.67. The third kappa shape index (κ3) is 26.0. The number of carbonyl (C=O) groups excluding carboxylic acids is 8. The van der Waals surface area contributed by atoms with Crippen LogP contribution >= 0.6 is 7.82 Å². The van der Waals surface area contributed by atoms with E-state index >= 15 is 4.57 Å². The molecule has 3 amide bonds. The first-order chi connectivity index (χ1) is 46.7. The third-order valence-electron chi connectivity index (χ3n) is 15.5. The Balaban J connectivity index is 1.36. The number of carbonyl (C=O) groups is 8. The van der Waals surface area contributed by atoms with E-state index in [1.165, 1.54) is 19.1 Å². The van der Waals surface area contributed by atoms with Gasteiger partial charge in [0, 0.05) is 56.7 Å². The van der Waals surface area contributed by atoms with Gasteiger partial charge < -0.3 is 63.3 Å². The van der Waals surface area contributed by atoms with E-state index in [-0.39, 0.29) is 109 Å². The van der Waals surface area contributed by atoms with Gasteiger partial charge in [-0.2, -0.15) is 0 Å². The van der Waals surface area contributed by atoms with Crippen LogP contribution < -0.4 is 20.7 Å². The van der Waals surface area contributed by atoms with Gasteiger partial charge in [-0.25, -0.2) is 4.57 Å². The Labute approximate surface area is 563 Å². The summed E-state index contributed by atoms with van der Waals surface area (Å²) in [4.78, 5) is 117. The Hall–Kier alpha value is -8.05. The largest absolute Gasteiger partial charge is 0.475 e. The number of rotatable bonds is 40. The quantitative estimate of drug-likeness (QED) is 0.00714. The van der Waals surface area contributed by atoms with Crippen LogP contribution in [0.15, 0.2) is 115 Å². The van der Waals surface area contributed by atoms with Gasteiger partial charge in [-0.3, -0.25) is 62.0 Å². The van der Waals surface area contributed by atoms with Crippen LogP contribution in [0.4, 0.5) is 5.69 Å². The highest BCUT2D eigenvalue weighted by molar-refractivity contribution is 7.48. The van der Waals surface area contributed by atoms with Crippen molar-refractivity contribution in [1.82, 2.24) is 16.0 Å². The van der Waals surface area contributed by atoms with Crippen molar-refractivity contribution in [3.8, 4) is 5.75 Å². The van der Waals surface area contributed by atoms with Crippen molar-refractivity contribution in [3.05, 3.63) is 142 Å². The second-order valence-corrected chi connectivity index (χ2v) is 24.3. The molecular weight excluding hydrogens is 1290 g/mol. The van der Waals surface area contributed by atoms with Gasteiger partial charge in [0.15, 0.2) is 18.7 Å². The minimum absolute atomic E-state index is 0.0118. The minimum atomic E-state index is -4.83. The van der Waals surface area contributed by atoms with Crippen LogP contribution in [-0.2, 0) is 119 Å². The van der Waals surface area contributed by atoms with Crippen molar-refractivity contribution in [2.24, 2.45) is 5.92 Å². The molecule has 3 N–H and O–H groups in total. The first-order valence-corrected chi connectivity index (χ1v) is 34.0. The van der Waals surface area contributed by atoms with Crippen molar-refractivity contribution in [3.63, 3.8) is 0 Å². The number of amides is 3. The molecule has 4 unspecified atom stereocenters. The van der Waals surface area contributed by atoms with Crippen LogP contribution in [0.5, 0.6) is 5.75 Å². The molecule has 0 bridgehead atoms. The van der Waals surface area contributed by atoms with Gasteiger partial charge in [0.05, 0.1) is 69.9 Å². The molecule has 0 saturated carbocycles. The fourth-order valence-electron chi connectivity index (χ4n) is 10.0. The number of nitro benzene ring substituents is 1. The van der Waals surface area contributed by atoms with Gasteiger partial charge in [-0.15, -0.1) is 0 Å². The topological polar surface area (TPSA) is 353 Å². The average molecular weight is 1380 g/mol. The molecule has 6 rings (SSSR count). The predicted octanol–water partition coefficient (Wildman–Crippen LogP) is 8.52. The monoisotopic (exact) mass is 1380 g/mol. The van der Waals surface area contributed by atoms with Crippen LogP contribution in [0.25, 0.3) is 0 Å². The second kappa shape index (κ2) is 40.6. The van der Waals surface area contributed by atoms with Gasteiger partial charge in [0.25, 0.3) is 5.69 Å². The molecule has 2 saturated heterocycles. The van der Waals surface area contributed by atoms with Crippen molar-refractivity contribution in [2.45, 2.75) is 200 Å². The minimum Gasteiger partial charge on any atom is -0.462 e. The first-order valence-electron chi connectivity index (χ1n) is 32.6. The maximum absolute atomic E-state index is 15.5. The van der Waals surface area contributed by atoms with E-state index < -0.39 is 147 Å². The van der Waals surface area contributed by atoms with Crippen LogP contribution in [0.3, 0.4) is 0 Å². The predicted molar refractivity (Wildman–Crippen MR) is 345 cm³/mol. The van der Waals surface area contributed by atoms with Crippen LogP contribution in [-0.4, -0.2) is 146 Å². The highest BCUT2D eigenvalue weighted by atomic mass is 31.2. The Bertz CT molecular complexity index is 3160. The van der Waals surface area contributed by atoms with Crippen LogP contribution in [0.1, 0.15) is 129 Å². The van der Waals surface area contributed by atoms with Gasteiger partial charge in [-0.05, 0) is 41.7 Å². The number of nitrogens with one attached hydrogen (secondary N) is 3. The Morgan fingerprint density at radius 1 is 0.546 bits per heavy atom. The number of nitro groups is 1. The summed E-state index contributed by atoms with van der Waals surface area (Å²) in [7, 11) is -4.83. The third-order valence-corrected chi connectivity index (χ3v) is 16.9. The molecule has 4 aromatic rings. The number of ether oxygens (including phenoxy) is 10. The molecule has 29 heteroatoms. The fraction of sp³-hybridized carbons (Fsp3) is 0.529. The lowest BCUT2D eigenvalue weighted by Gasteiger charge is -2.47. The summed E-state index contributed by atoms with van der Waals surface area (Å²) in [5, 5.41) is 19.5. The standard InChI is InChI=1S/C68H89N4O24P/c1-8-49(89-57(76)10-3)37-55(74)70-62-64(94-59(78)12-5)44(7)52(92-67(62)85-36-35-69-54(73)33-34-61(80)91-51-31-29-48(30-32-51)72(81)82)43-86-68-63(71-56(75)38-50(9-2)90-58(77)11-4)66(95-60(79)13-6)65(53(93-68)42-84-39-45-23-17-14-18-24-45)96-97(83,87-40-46-25-19-15-20-26-46)88-41-47-27-21-16-22-28-47/h14-32,44,49-50,52-53,62-68H,8-13,33-43H2,1-7H3,(H,69,73)(H,70,74)(H,71,75)/t44-,49-,50-,52?,53?,62?,63?,64+,65-,66-,67-,68-/m1/s1. The molecular formula is C68H89N4O24P. The molecule has 2 aliphatic heterocycles. The smallest absolute Gasteiger partial charge is 0.462 e. The Morgan fingerprint density at radius 2 is 1.02 bits per heavy atom. The molecule has 0 spiro atoms. The summed E-state index contributed by atoms with van der Waals surface area (Å²) >= 11 is 0. The molecule has 0 aromatic heterocycles. The Morgan fingerprint density at radius 3 is 1.52 bits per heavy atom. The summed E-state index contributed by atoms with van der Waals surface area (Å²) in [6, 6.07) is 28.6. The molecule has 530 valence electrons. The van der Waals surface area contributed by atoms with E-state index in [4.69, 9.17) is 60.9 Å². The number of nitrogens with zero attached hydrogens (tertiary/aromatic N) is 1. The molecule has 2 heterocycles. The molecule has 0 radical (unpaired) electrons. The molecule has 2 fully saturated rings. The van der Waals surface area contributed by atoms with E-state index in [0.717, 1.165) is 17.7 Å². The zero-order valence-corrected chi connectivity index (χ0v) is 56.5. The van der Waals surface area contributed by atoms with Crippen molar-refractivity contribution < 1.29 is 109 Å². The average Bonchev–Trinajstić information content (AvgIpc) is 0.782. The van der Waals surface area contributed by atoms with Gasteiger partial charge in [0.2, 0.25) is 17.7 Å². The molecule has 28 nitrogen and oxygen atoms in total. The molecule has 12 atom stereocenters. The van der Waals surface area contributed by atoms with Crippen molar-refractivity contribution in [1.29, 1.82) is 0 Å². The summed E-state index contributed by atoms with van der Waals surface area (Å²) in [6.07, 6.45) is -13.3. The van der Waals surface area contributed by atoms with Gasteiger partial charge in [-0.1, -0.05) is 139 Å². The second-order valence-electron chi connectivity index (χ2n) is 22.7. The fourth-order valence-corrected chi connectivity index (χ4v) is 11.4. The molecule has 0 aliphatic carbocycles. The van der Waals surface area contributed by atoms with E-state index in [1.807, 2.05) is 30.3 Å². The SMILES string of the molecule is CCC(=O)O[C@H](CC)CC(=O)NC1[C@H](OCCNC(=O)CCC(=O)Oc2ccc([N+](=O)[O-])cc2)OC(CO[C@@H]2OC(COCc3ccccc3)[C@@H](OP(=O)(OCc3ccccc3)OCc3ccccc3)[C@H](OC(=O)CC)C2NC(=O)C[C@@H](CC)OC(=O)CC)[C@@H](C)[C@@H]1OC(=O)CC. The normalized spacial score (nSPS) is 21.4. The van der Waals surface area contributed by atoms with E-state index in [1.54, 1.807) is 102 Å². The number of phosphoric acid groups is 1. The molecule has 97 heavy (non-hydrogen) atoms. The van der Waals surface area contributed by atoms with Crippen LogP contribution in [0, 0.1) is 16.0 Å². The summed E-state index contributed by atoms with van der Waals surface area (Å²) < 4.78 is 95.8. The number of benzene rings is 4. The maximum Gasteiger partial charge on any atom is 0.475 e. The van der Waals surface area contributed by atoms with Crippen LogP contribution in [0.2, 0.25) is 0 Å². The number of esters is 5. The summed E-state index contributed by atoms with van der Waals surface area (Å²) in [6.45, 7) is 9.48. The first kappa shape index (κ1) is 78.0. The van der Waals surface area contributed by atoms with Crippen molar-refractivity contribution >= 4 is 61.1 Å². The number of hydrogen-bond acceptors (Lipinski definition) is 24. The summed E-state index contributed by atoms with van der Waals surface area (Å²) in [5.41, 5.74) is 1.72. The van der Waals surface area contributed by atoms with Crippen molar-refractivity contribution in [2.75, 3.05) is 26.4 Å². The van der Waals surface area contributed by atoms with E-state index in [2.05, 4.69) is 16.0 Å². The summed E-state index contributed by atoms with van der Waals surface area (Å²) in [5.74, 6) is -6.21. The lowest BCUT2D eigenvalue weighted by molar-refractivity contribution is -0.384. The zero-order valence-electron chi connectivity index (χ0n) is 55.6. The number of hydrogen-bond donors (Lipinski definition) is 3. The van der Waals surface area contributed by atoms with E-state index in [0.29, 0.717) is 11.1 Å². The Kier molecular flexibility index (Phi) is 32.6. The van der Waals surface area contributed by atoms with Gasteiger partial charge >= 0.3 is 37.7 Å². The highest BCUT2D eigenvalue weighted by Gasteiger charge is 2.55. The number of non-ortho nitro benzene ring substituents is 1. The zero-order chi connectivity index (χ0) is 70.3. The van der Waals surface area contributed by atoms with E-state index in [9.17, 15) is 48.5 Å². The highest BCUT2D eigenvalue weighted by Crippen LogP contribution is 2.54. The van der Waals surface area contributed by atoms with Gasteiger partial charge in [0.1, 0.15) is 48.4 Å².